The van der Waals surface area contributed by atoms with E-state index in [4.69, 9.17) is 4.42 Å². The number of amides is 2. The lowest BCUT2D eigenvalue weighted by atomic mass is 9.89. The fourth-order valence-electron chi connectivity index (χ4n) is 5.15. The number of hydrogen-bond donors (Lipinski definition) is 3. The Kier molecular flexibility index (Phi) is 9.45. The van der Waals surface area contributed by atoms with Gasteiger partial charge in [-0.2, -0.15) is 0 Å². The Hall–Kier alpha value is -4.17. The second-order valence-corrected chi connectivity index (χ2v) is 9.81. The summed E-state index contributed by atoms with van der Waals surface area (Å²) in [7, 11) is 1.56. The molecule has 1 fully saturated rings. The van der Waals surface area contributed by atoms with Crippen LogP contribution in [0.15, 0.2) is 65.1 Å². The van der Waals surface area contributed by atoms with Gasteiger partial charge in [-0.15, -0.1) is 0 Å². The molecule has 8 heteroatoms. The topological polar surface area (TPSA) is 94.8 Å². The number of nitrogens with one attached hydrogen (secondary N) is 2. The molecule has 0 atom stereocenters. The molecule has 41 heavy (non-hydrogen) atoms. The van der Waals surface area contributed by atoms with E-state index in [0.717, 1.165) is 29.9 Å². The molecular formula is C33H38FN3O4. The summed E-state index contributed by atoms with van der Waals surface area (Å²) in [6.07, 6.45) is 0.773. The summed E-state index contributed by atoms with van der Waals surface area (Å²) in [5.41, 5.74) is 4.61. The van der Waals surface area contributed by atoms with Crippen molar-refractivity contribution in [2.75, 3.05) is 25.0 Å². The van der Waals surface area contributed by atoms with Crippen LogP contribution in [-0.2, 0) is 0 Å². The first-order valence-electron chi connectivity index (χ1n) is 14.3. The van der Waals surface area contributed by atoms with Gasteiger partial charge >= 0.3 is 0 Å². The van der Waals surface area contributed by atoms with Crippen LogP contribution in [-0.4, -0.2) is 49.2 Å². The summed E-state index contributed by atoms with van der Waals surface area (Å²) in [5.74, 6) is -0.514. The van der Waals surface area contributed by atoms with Gasteiger partial charge in [0.05, 0.1) is 11.7 Å². The molecule has 7 nitrogen and oxygen atoms in total. The van der Waals surface area contributed by atoms with Gasteiger partial charge in [0.25, 0.3) is 11.8 Å². The van der Waals surface area contributed by atoms with Crippen molar-refractivity contribution in [3.05, 3.63) is 77.6 Å². The van der Waals surface area contributed by atoms with Gasteiger partial charge in [0.2, 0.25) is 0 Å². The van der Waals surface area contributed by atoms with Crippen LogP contribution in [0.1, 0.15) is 61.3 Å². The zero-order chi connectivity index (χ0) is 29.7. The van der Waals surface area contributed by atoms with E-state index >= 15 is 0 Å². The molecule has 1 saturated carbocycles. The third-order valence-electron chi connectivity index (χ3n) is 7.36. The summed E-state index contributed by atoms with van der Waals surface area (Å²) in [6.45, 7) is 9.62. The van der Waals surface area contributed by atoms with Gasteiger partial charge in [-0.3, -0.25) is 9.59 Å². The van der Waals surface area contributed by atoms with Crippen molar-refractivity contribution in [2.24, 2.45) is 0 Å². The predicted molar refractivity (Wildman–Crippen MR) is 162 cm³/mol. The van der Waals surface area contributed by atoms with E-state index in [9.17, 15) is 19.1 Å². The summed E-state index contributed by atoms with van der Waals surface area (Å²) >= 11 is 0. The van der Waals surface area contributed by atoms with Crippen LogP contribution in [0.2, 0.25) is 0 Å². The zero-order valence-corrected chi connectivity index (χ0v) is 24.3. The minimum Gasteiger partial charge on any atom is -0.455 e. The Labute approximate surface area is 240 Å². The number of aliphatic hydroxyl groups is 1. The molecule has 4 aromatic rings. The largest absolute Gasteiger partial charge is 0.455 e. The maximum atomic E-state index is 13.6. The first kappa shape index (κ1) is 29.8. The van der Waals surface area contributed by atoms with Gasteiger partial charge in [0.1, 0.15) is 17.2 Å². The maximum Gasteiger partial charge on any atom is 0.255 e. The average molecular weight is 560 g/mol. The van der Waals surface area contributed by atoms with Crippen LogP contribution in [0, 0.1) is 5.82 Å². The first-order chi connectivity index (χ1) is 19.8. The number of hydrogen-bond acceptors (Lipinski definition) is 5. The smallest absolute Gasteiger partial charge is 0.255 e. The normalized spacial score (nSPS) is 15.9. The van der Waals surface area contributed by atoms with Crippen molar-refractivity contribution in [3.63, 3.8) is 0 Å². The summed E-state index contributed by atoms with van der Waals surface area (Å²) < 4.78 is 19.9. The van der Waals surface area contributed by atoms with E-state index in [-0.39, 0.29) is 29.8 Å². The Morgan fingerprint density at radius 1 is 0.976 bits per heavy atom. The van der Waals surface area contributed by atoms with Gasteiger partial charge in [0.15, 0.2) is 0 Å². The van der Waals surface area contributed by atoms with Gasteiger partial charge in [0, 0.05) is 60.0 Å². The number of aliphatic hydroxyl groups excluding tert-OH is 1. The zero-order valence-electron chi connectivity index (χ0n) is 24.3. The Morgan fingerprint density at radius 3 is 2.27 bits per heavy atom. The Bertz CT molecular complexity index is 1520. The van der Waals surface area contributed by atoms with E-state index in [0.29, 0.717) is 46.3 Å². The molecule has 3 N–H and O–H groups in total. The Balaban J connectivity index is 0.00000189. The van der Waals surface area contributed by atoms with Crippen LogP contribution in [0.25, 0.3) is 33.4 Å². The van der Waals surface area contributed by atoms with Crippen molar-refractivity contribution in [1.29, 1.82) is 0 Å². The minimum absolute atomic E-state index is 0.0235. The molecule has 1 heterocycles. The van der Waals surface area contributed by atoms with E-state index in [2.05, 4.69) is 29.4 Å². The van der Waals surface area contributed by atoms with Gasteiger partial charge in [-0.25, -0.2) is 4.39 Å². The standard InChI is InChI=1S/C31H32FN3O4.C2H6/c1-4-35(5-2)26-17-27-25(28(31(38)33-3)29(39-27)18-9-11-21(32)12-10-18)16-24(26)19-7-6-8-20(13-19)30(37)34-22-14-23(36)15-22;1-2/h6-13,16-17,22-23,36H,4-5,14-15H2,1-3H3,(H,33,38)(H,34,37);1-2H3. The van der Waals surface area contributed by atoms with Crippen LogP contribution in [0.5, 0.6) is 0 Å². The molecule has 1 aliphatic rings. The number of benzene rings is 3. The predicted octanol–water partition coefficient (Wildman–Crippen LogP) is 6.39. The monoisotopic (exact) mass is 559 g/mol. The lowest BCUT2D eigenvalue weighted by molar-refractivity contribution is 0.0562. The number of fused-ring (bicyclic) bond motifs is 1. The molecule has 0 radical (unpaired) electrons. The van der Waals surface area contributed by atoms with Crippen molar-refractivity contribution in [3.8, 4) is 22.5 Å². The fourth-order valence-corrected chi connectivity index (χ4v) is 5.15. The maximum absolute atomic E-state index is 13.6. The number of furan rings is 1. The number of rotatable bonds is 8. The van der Waals surface area contributed by atoms with Crippen molar-refractivity contribution in [1.82, 2.24) is 10.6 Å². The molecule has 0 saturated heterocycles. The molecule has 216 valence electrons. The van der Waals surface area contributed by atoms with Gasteiger partial charge in [-0.05, 0) is 74.7 Å². The molecule has 0 bridgehead atoms. The third-order valence-corrected chi connectivity index (χ3v) is 7.36. The first-order valence-corrected chi connectivity index (χ1v) is 14.3. The van der Waals surface area contributed by atoms with Crippen molar-refractivity contribution in [2.45, 2.75) is 52.7 Å². The quantitative estimate of drug-likeness (QED) is 0.233. The van der Waals surface area contributed by atoms with E-state index in [1.807, 2.05) is 44.2 Å². The highest BCUT2D eigenvalue weighted by molar-refractivity contribution is 6.13. The second kappa shape index (κ2) is 13.0. The molecule has 0 spiro atoms. The average Bonchev–Trinajstić information content (AvgIpc) is 3.36. The minimum atomic E-state index is -0.375. The SMILES string of the molecule is CC.CCN(CC)c1cc2oc(-c3ccc(F)cc3)c(C(=O)NC)c2cc1-c1cccc(C(=O)NC2CC(O)C2)c1. The second-order valence-electron chi connectivity index (χ2n) is 9.81. The van der Waals surface area contributed by atoms with Crippen LogP contribution >= 0.6 is 0 Å². The van der Waals surface area contributed by atoms with Crippen molar-refractivity contribution < 1.29 is 23.5 Å². The summed E-state index contributed by atoms with van der Waals surface area (Å²) in [5, 5.41) is 15.9. The summed E-state index contributed by atoms with van der Waals surface area (Å²) in [4.78, 5) is 28.2. The molecule has 5 rings (SSSR count). The number of halogens is 1. The molecule has 0 aliphatic heterocycles. The molecule has 0 unspecified atom stereocenters. The number of nitrogens with zero attached hydrogens (tertiary/aromatic N) is 1. The summed E-state index contributed by atoms with van der Waals surface area (Å²) in [6, 6.07) is 17.1. The molecule has 1 aliphatic carbocycles. The van der Waals surface area contributed by atoms with Crippen molar-refractivity contribution >= 4 is 28.5 Å². The lowest BCUT2D eigenvalue weighted by Gasteiger charge is -2.32. The highest BCUT2D eigenvalue weighted by atomic mass is 19.1. The molecule has 2 amide bonds. The number of carbonyl (C=O) groups is 2. The number of carbonyl (C=O) groups excluding carboxylic acids is 2. The highest BCUT2D eigenvalue weighted by Gasteiger charge is 2.29. The van der Waals surface area contributed by atoms with Crippen LogP contribution in [0.4, 0.5) is 10.1 Å². The van der Waals surface area contributed by atoms with E-state index in [1.165, 1.54) is 12.1 Å². The molecule has 3 aromatic carbocycles. The highest BCUT2D eigenvalue weighted by Crippen LogP contribution is 2.41. The fraction of sp³-hybridized carbons (Fsp3) is 0.333. The molecular weight excluding hydrogens is 521 g/mol. The van der Waals surface area contributed by atoms with Crippen LogP contribution < -0.4 is 15.5 Å². The van der Waals surface area contributed by atoms with Crippen LogP contribution in [0.3, 0.4) is 0 Å². The molecule has 1 aromatic heterocycles. The Morgan fingerprint density at radius 2 is 1.66 bits per heavy atom. The number of anilines is 1. The lowest BCUT2D eigenvalue weighted by Crippen LogP contribution is -2.46. The van der Waals surface area contributed by atoms with Gasteiger partial charge in [-0.1, -0.05) is 26.0 Å². The van der Waals surface area contributed by atoms with E-state index in [1.54, 1.807) is 25.2 Å². The third kappa shape index (κ3) is 6.12. The van der Waals surface area contributed by atoms with Gasteiger partial charge < -0.3 is 25.1 Å². The van der Waals surface area contributed by atoms with E-state index < -0.39 is 0 Å².